The highest BCUT2D eigenvalue weighted by Crippen LogP contribution is 2.20. The second-order valence-corrected chi connectivity index (χ2v) is 5.44. The maximum atomic E-state index is 12.5. The van der Waals surface area contributed by atoms with Crippen LogP contribution >= 0.6 is 11.8 Å². The second kappa shape index (κ2) is 6.40. The van der Waals surface area contributed by atoms with Gasteiger partial charge in [0.15, 0.2) is 5.16 Å². The number of hydrogen-bond acceptors (Lipinski definition) is 4. The highest BCUT2D eigenvalue weighted by Gasteiger charge is 2.11. The molecule has 0 saturated carbocycles. The largest absolute Gasteiger partial charge is 0.283 e. The quantitative estimate of drug-likeness (QED) is 0.481. The Labute approximate surface area is 121 Å². The second-order valence-electron chi connectivity index (χ2n) is 4.46. The van der Waals surface area contributed by atoms with Gasteiger partial charge in [-0.05, 0) is 19.1 Å². The summed E-state index contributed by atoms with van der Waals surface area (Å²) >= 11 is 1.43. The van der Waals surface area contributed by atoms with Crippen LogP contribution in [0.1, 0.15) is 6.92 Å². The number of benzene rings is 1. The molecule has 0 aliphatic rings. The Kier molecular flexibility index (Phi) is 4.59. The fourth-order valence-electron chi connectivity index (χ4n) is 1.78. The smallest absolute Gasteiger partial charge is 0.262 e. The van der Waals surface area contributed by atoms with Gasteiger partial charge in [0.25, 0.3) is 5.56 Å². The van der Waals surface area contributed by atoms with E-state index in [1.54, 1.807) is 16.7 Å². The number of aromatic nitrogens is 2. The third-order valence-electron chi connectivity index (χ3n) is 2.82. The summed E-state index contributed by atoms with van der Waals surface area (Å²) in [6.45, 7) is 5.95. The van der Waals surface area contributed by atoms with Gasteiger partial charge >= 0.3 is 0 Å². The van der Waals surface area contributed by atoms with E-state index in [9.17, 15) is 4.79 Å². The lowest BCUT2D eigenvalue weighted by Gasteiger charge is -2.11. The molecule has 0 aliphatic heterocycles. The zero-order chi connectivity index (χ0) is 14.5. The summed E-state index contributed by atoms with van der Waals surface area (Å²) in [5, 5.41) is 10.1. The number of allylic oxidation sites excluding steroid dienone is 1. The van der Waals surface area contributed by atoms with E-state index < -0.39 is 0 Å². The Morgan fingerprint density at radius 3 is 3.00 bits per heavy atom. The van der Waals surface area contributed by atoms with Crippen molar-refractivity contribution in [3.05, 3.63) is 47.3 Å². The van der Waals surface area contributed by atoms with E-state index in [-0.39, 0.29) is 11.5 Å². The maximum Gasteiger partial charge on any atom is 0.262 e. The van der Waals surface area contributed by atoms with E-state index in [1.165, 1.54) is 11.8 Å². The first-order valence-electron chi connectivity index (χ1n) is 6.30. The van der Waals surface area contributed by atoms with Crippen LogP contribution < -0.4 is 5.56 Å². The molecule has 20 heavy (non-hydrogen) atoms. The van der Waals surface area contributed by atoms with Crippen LogP contribution in [0, 0.1) is 17.2 Å². The molecule has 5 heteroatoms. The minimum Gasteiger partial charge on any atom is -0.283 e. The molecule has 2 aromatic rings. The molecular formula is C15H15N3OS. The third kappa shape index (κ3) is 2.91. The van der Waals surface area contributed by atoms with Crippen LogP contribution in [0.15, 0.2) is 46.9 Å². The first-order valence-corrected chi connectivity index (χ1v) is 7.28. The summed E-state index contributed by atoms with van der Waals surface area (Å²) in [4.78, 5) is 17.0. The summed E-state index contributed by atoms with van der Waals surface area (Å²) in [7, 11) is 0. The van der Waals surface area contributed by atoms with Crippen molar-refractivity contribution in [1.29, 1.82) is 5.26 Å². The minimum absolute atomic E-state index is 0.0670. The molecular weight excluding hydrogens is 270 g/mol. The van der Waals surface area contributed by atoms with Crippen molar-refractivity contribution in [3.8, 4) is 6.07 Å². The van der Waals surface area contributed by atoms with Gasteiger partial charge in [0.05, 0.1) is 22.9 Å². The minimum atomic E-state index is -0.0828. The van der Waals surface area contributed by atoms with Crippen LogP contribution in [0.5, 0.6) is 0 Å². The molecule has 0 fully saturated rings. The van der Waals surface area contributed by atoms with Gasteiger partial charge in [-0.1, -0.05) is 30.0 Å². The van der Waals surface area contributed by atoms with Gasteiger partial charge in [0.1, 0.15) is 0 Å². The van der Waals surface area contributed by atoms with Crippen LogP contribution in [-0.2, 0) is 6.54 Å². The molecule has 0 aliphatic carbocycles. The van der Waals surface area contributed by atoms with Gasteiger partial charge < -0.3 is 0 Å². The van der Waals surface area contributed by atoms with Gasteiger partial charge in [-0.25, -0.2) is 4.98 Å². The highest BCUT2D eigenvalue weighted by molar-refractivity contribution is 7.99. The van der Waals surface area contributed by atoms with Crippen molar-refractivity contribution >= 4 is 22.7 Å². The average Bonchev–Trinajstić information content (AvgIpc) is 2.48. The van der Waals surface area contributed by atoms with Crippen molar-refractivity contribution in [3.63, 3.8) is 0 Å². The van der Waals surface area contributed by atoms with Crippen molar-refractivity contribution in [2.45, 2.75) is 18.6 Å². The molecule has 102 valence electrons. The van der Waals surface area contributed by atoms with Crippen LogP contribution in [0.2, 0.25) is 0 Å². The molecule has 1 aromatic carbocycles. The average molecular weight is 285 g/mol. The summed E-state index contributed by atoms with van der Waals surface area (Å²) in [5.41, 5.74) is 0.618. The van der Waals surface area contributed by atoms with Crippen LogP contribution in [0.3, 0.4) is 0 Å². The fraction of sp³-hybridized carbons (Fsp3) is 0.267. The fourth-order valence-corrected chi connectivity index (χ4v) is 2.73. The predicted molar refractivity (Wildman–Crippen MR) is 81.7 cm³/mol. The highest BCUT2D eigenvalue weighted by atomic mass is 32.2. The van der Waals surface area contributed by atoms with Gasteiger partial charge in [0, 0.05) is 12.3 Å². The van der Waals surface area contributed by atoms with E-state index >= 15 is 0 Å². The zero-order valence-corrected chi connectivity index (χ0v) is 12.1. The number of nitrogens with zero attached hydrogens (tertiary/aromatic N) is 3. The van der Waals surface area contributed by atoms with Gasteiger partial charge in [-0.2, -0.15) is 5.26 Å². The zero-order valence-electron chi connectivity index (χ0n) is 11.2. The van der Waals surface area contributed by atoms with Crippen LogP contribution in [-0.4, -0.2) is 15.3 Å². The van der Waals surface area contributed by atoms with Crippen molar-refractivity contribution in [1.82, 2.24) is 9.55 Å². The molecule has 0 bridgehead atoms. The molecule has 2 rings (SSSR count). The van der Waals surface area contributed by atoms with E-state index in [1.807, 2.05) is 25.1 Å². The molecule has 0 amide bonds. The van der Waals surface area contributed by atoms with Crippen LogP contribution in [0.25, 0.3) is 10.9 Å². The number of nitriles is 1. The Morgan fingerprint density at radius 2 is 2.30 bits per heavy atom. The monoisotopic (exact) mass is 285 g/mol. The molecule has 1 atom stereocenters. The van der Waals surface area contributed by atoms with Crippen molar-refractivity contribution in [2.24, 2.45) is 5.92 Å². The summed E-state index contributed by atoms with van der Waals surface area (Å²) in [6, 6.07) is 9.47. The summed E-state index contributed by atoms with van der Waals surface area (Å²) in [5.74, 6) is 0.527. The Bertz CT molecular complexity index is 730. The Morgan fingerprint density at radius 1 is 1.55 bits per heavy atom. The summed E-state index contributed by atoms with van der Waals surface area (Å²) < 4.78 is 1.60. The Balaban J connectivity index is 2.51. The maximum absolute atomic E-state index is 12.5. The van der Waals surface area contributed by atoms with E-state index in [4.69, 9.17) is 5.26 Å². The van der Waals surface area contributed by atoms with E-state index in [0.717, 1.165) is 0 Å². The number of thioether (sulfide) groups is 1. The molecule has 1 heterocycles. The first kappa shape index (κ1) is 14.4. The van der Waals surface area contributed by atoms with Gasteiger partial charge in [0.2, 0.25) is 0 Å². The molecule has 0 spiro atoms. The molecule has 0 radical (unpaired) electrons. The van der Waals surface area contributed by atoms with Gasteiger partial charge in [-0.15, -0.1) is 6.58 Å². The SMILES string of the molecule is C=CCn1c(SC[C@H](C)C#N)nc2ccccc2c1=O. The lowest BCUT2D eigenvalue weighted by molar-refractivity contribution is 0.670. The van der Waals surface area contributed by atoms with Crippen molar-refractivity contribution in [2.75, 3.05) is 5.75 Å². The molecule has 0 saturated heterocycles. The number of para-hydroxylation sites is 1. The standard InChI is InChI=1S/C15H15N3OS/c1-3-8-18-14(19)12-6-4-5-7-13(12)17-15(18)20-10-11(2)9-16/h3-7,11H,1,8,10H2,2H3/t11-/m1/s1. The summed E-state index contributed by atoms with van der Waals surface area (Å²) in [6.07, 6.45) is 1.68. The third-order valence-corrected chi connectivity index (χ3v) is 4.06. The van der Waals surface area contributed by atoms with Crippen molar-refractivity contribution < 1.29 is 0 Å². The van der Waals surface area contributed by atoms with Crippen LogP contribution in [0.4, 0.5) is 0 Å². The predicted octanol–water partition coefficient (Wildman–Crippen LogP) is 2.83. The first-order chi connectivity index (χ1) is 9.67. The Hall–Kier alpha value is -2.06. The number of fused-ring (bicyclic) bond motifs is 1. The molecule has 0 N–H and O–H groups in total. The molecule has 4 nitrogen and oxygen atoms in total. The number of rotatable bonds is 5. The van der Waals surface area contributed by atoms with Gasteiger partial charge in [-0.3, -0.25) is 9.36 Å². The van der Waals surface area contributed by atoms with E-state index in [2.05, 4.69) is 17.6 Å². The number of hydrogen-bond donors (Lipinski definition) is 0. The molecule has 1 aromatic heterocycles. The molecule has 0 unspecified atom stereocenters. The topological polar surface area (TPSA) is 58.7 Å². The lowest BCUT2D eigenvalue weighted by atomic mass is 10.2. The lowest BCUT2D eigenvalue weighted by Crippen LogP contribution is -2.23. The normalized spacial score (nSPS) is 12.0. The van der Waals surface area contributed by atoms with E-state index in [0.29, 0.717) is 28.4 Å².